The molecule has 2 heteroatoms. The minimum atomic E-state index is -0.295. The van der Waals surface area contributed by atoms with Crippen LogP contribution in [-0.2, 0) is 10.8 Å². The summed E-state index contributed by atoms with van der Waals surface area (Å²) < 4.78 is 2.39. The van der Waals surface area contributed by atoms with E-state index in [9.17, 15) is 0 Å². The summed E-state index contributed by atoms with van der Waals surface area (Å²) in [5.41, 5.74) is 18.6. The highest BCUT2D eigenvalue weighted by Gasteiger charge is 2.41. The van der Waals surface area contributed by atoms with Crippen molar-refractivity contribution in [2.24, 2.45) is 0 Å². The SMILES string of the molecule is CC1(C)c2ccccc2-c2ccc(N(c3ccc(-n4c5ccccc5c5ccccc54)cc3)c3ccc4c(c3)C(C)(c3ccccc3)c3ccccc3-4)cc21. The summed E-state index contributed by atoms with van der Waals surface area (Å²) in [4.78, 5) is 2.46. The number of rotatable bonds is 5. The molecule has 0 bridgehead atoms. The summed E-state index contributed by atoms with van der Waals surface area (Å²) in [6.45, 7) is 7.13. The lowest BCUT2D eigenvalue weighted by molar-refractivity contribution is 0.660. The molecule has 0 aliphatic heterocycles. The highest BCUT2D eigenvalue weighted by atomic mass is 15.1. The predicted molar refractivity (Wildman–Crippen MR) is 230 cm³/mol. The van der Waals surface area contributed by atoms with Crippen molar-refractivity contribution in [3.05, 3.63) is 216 Å². The Balaban J connectivity index is 1.11. The third kappa shape index (κ3) is 4.49. The molecule has 1 aromatic heterocycles. The number of nitrogens with zero attached hydrogens (tertiary/aromatic N) is 2. The minimum Gasteiger partial charge on any atom is -0.310 e. The van der Waals surface area contributed by atoms with E-state index in [2.05, 4.69) is 218 Å². The van der Waals surface area contributed by atoms with Gasteiger partial charge in [0, 0.05) is 44.4 Å². The zero-order chi connectivity index (χ0) is 36.9. The van der Waals surface area contributed by atoms with E-state index in [1.807, 2.05) is 0 Å². The third-order valence-corrected chi connectivity index (χ3v) is 12.7. The number of fused-ring (bicyclic) bond motifs is 9. The first-order valence-corrected chi connectivity index (χ1v) is 19.4. The zero-order valence-electron chi connectivity index (χ0n) is 31.3. The Kier molecular flexibility index (Phi) is 6.76. The monoisotopic (exact) mass is 704 g/mol. The maximum absolute atomic E-state index is 2.46. The van der Waals surface area contributed by atoms with E-state index in [0.717, 1.165) is 22.7 Å². The smallest absolute Gasteiger partial charge is 0.0541 e. The van der Waals surface area contributed by atoms with Gasteiger partial charge in [-0.15, -0.1) is 0 Å². The second-order valence-corrected chi connectivity index (χ2v) is 15.9. The lowest BCUT2D eigenvalue weighted by atomic mass is 9.74. The number of para-hydroxylation sites is 2. The van der Waals surface area contributed by atoms with Crippen LogP contribution in [0.3, 0.4) is 0 Å². The highest BCUT2D eigenvalue weighted by Crippen LogP contribution is 2.55. The zero-order valence-corrected chi connectivity index (χ0v) is 31.3. The molecule has 0 amide bonds. The molecule has 0 saturated heterocycles. The van der Waals surface area contributed by atoms with Crippen LogP contribution in [0.25, 0.3) is 49.7 Å². The molecule has 8 aromatic carbocycles. The molecule has 2 nitrogen and oxygen atoms in total. The van der Waals surface area contributed by atoms with Crippen molar-refractivity contribution in [3.8, 4) is 27.9 Å². The molecule has 1 heterocycles. The molecule has 1 atom stereocenters. The van der Waals surface area contributed by atoms with Crippen LogP contribution in [0.1, 0.15) is 48.6 Å². The lowest BCUT2D eigenvalue weighted by Crippen LogP contribution is -2.23. The number of aromatic nitrogens is 1. The first-order valence-electron chi connectivity index (χ1n) is 19.4. The Bertz CT molecular complexity index is 2910. The van der Waals surface area contributed by atoms with E-state index in [1.54, 1.807) is 0 Å². The Morgan fingerprint density at radius 1 is 0.382 bits per heavy atom. The Labute approximate surface area is 322 Å². The quantitative estimate of drug-likeness (QED) is 0.173. The van der Waals surface area contributed by atoms with E-state index in [-0.39, 0.29) is 10.8 Å². The third-order valence-electron chi connectivity index (χ3n) is 12.7. The molecule has 0 radical (unpaired) electrons. The molecule has 0 fully saturated rings. The summed E-state index contributed by atoms with van der Waals surface area (Å²) in [6.07, 6.45) is 0. The van der Waals surface area contributed by atoms with Gasteiger partial charge in [-0.1, -0.05) is 141 Å². The number of anilines is 3. The van der Waals surface area contributed by atoms with Crippen LogP contribution in [0, 0.1) is 0 Å². The van der Waals surface area contributed by atoms with Gasteiger partial charge in [-0.2, -0.15) is 0 Å². The van der Waals surface area contributed by atoms with Gasteiger partial charge in [0.05, 0.1) is 11.0 Å². The first kappa shape index (κ1) is 31.8. The lowest BCUT2D eigenvalue weighted by Gasteiger charge is -2.31. The van der Waals surface area contributed by atoms with Gasteiger partial charge in [0.25, 0.3) is 0 Å². The highest BCUT2D eigenvalue weighted by molar-refractivity contribution is 6.09. The Hall–Kier alpha value is -6.64. The molecular weight excluding hydrogens is 665 g/mol. The fourth-order valence-corrected chi connectivity index (χ4v) is 9.93. The molecule has 0 N–H and O–H groups in total. The van der Waals surface area contributed by atoms with Gasteiger partial charge in [-0.3, -0.25) is 0 Å². The van der Waals surface area contributed by atoms with Crippen molar-refractivity contribution >= 4 is 38.9 Å². The molecule has 262 valence electrons. The summed E-state index contributed by atoms with van der Waals surface area (Å²) in [7, 11) is 0. The largest absolute Gasteiger partial charge is 0.310 e. The van der Waals surface area contributed by atoms with Crippen molar-refractivity contribution in [2.45, 2.75) is 31.6 Å². The fraction of sp³-hybridized carbons (Fsp3) is 0.0943. The van der Waals surface area contributed by atoms with Gasteiger partial charge >= 0.3 is 0 Å². The van der Waals surface area contributed by atoms with Gasteiger partial charge in [-0.05, 0) is 118 Å². The second-order valence-electron chi connectivity index (χ2n) is 15.9. The summed E-state index contributed by atoms with van der Waals surface area (Å²) in [6, 6.07) is 69.7. The fourth-order valence-electron chi connectivity index (χ4n) is 9.93. The van der Waals surface area contributed by atoms with Gasteiger partial charge < -0.3 is 9.47 Å². The second kappa shape index (κ2) is 11.7. The minimum absolute atomic E-state index is 0.112. The molecule has 2 aliphatic carbocycles. The van der Waals surface area contributed by atoms with E-state index in [1.165, 1.54) is 71.9 Å². The van der Waals surface area contributed by atoms with Crippen molar-refractivity contribution < 1.29 is 0 Å². The van der Waals surface area contributed by atoms with Crippen molar-refractivity contribution in [1.82, 2.24) is 4.57 Å². The van der Waals surface area contributed by atoms with Gasteiger partial charge in [0.1, 0.15) is 0 Å². The van der Waals surface area contributed by atoms with Gasteiger partial charge in [0.15, 0.2) is 0 Å². The Morgan fingerprint density at radius 3 is 1.51 bits per heavy atom. The number of benzene rings is 8. The average molecular weight is 705 g/mol. The molecule has 2 aliphatic rings. The average Bonchev–Trinajstić information content (AvgIpc) is 3.80. The molecular formula is C53H40N2. The van der Waals surface area contributed by atoms with E-state index in [0.29, 0.717) is 0 Å². The van der Waals surface area contributed by atoms with Crippen molar-refractivity contribution in [3.63, 3.8) is 0 Å². The molecule has 55 heavy (non-hydrogen) atoms. The van der Waals surface area contributed by atoms with Gasteiger partial charge in [0.2, 0.25) is 0 Å². The molecule has 9 aromatic rings. The molecule has 0 saturated carbocycles. The van der Waals surface area contributed by atoms with Crippen LogP contribution in [0.5, 0.6) is 0 Å². The number of hydrogen-bond acceptors (Lipinski definition) is 1. The normalized spacial score (nSPS) is 16.1. The van der Waals surface area contributed by atoms with Crippen LogP contribution in [-0.4, -0.2) is 4.57 Å². The van der Waals surface area contributed by atoms with Crippen LogP contribution in [0.15, 0.2) is 188 Å². The first-order chi connectivity index (χ1) is 26.9. The standard InChI is InChI=1S/C53H40N2/c1-52(2)46-21-11-7-17-40(46)42-31-29-38(33-48(42)52)54(36-25-27-37(28-26-36)55-50-23-13-9-19-44(50)45-20-10-14-24-51(45)55)39-30-32-43-41-18-8-12-22-47(41)53(3,49(43)34-39)35-15-5-4-6-16-35/h4-34H,1-3H3. The van der Waals surface area contributed by atoms with Crippen LogP contribution in [0.4, 0.5) is 17.1 Å². The van der Waals surface area contributed by atoms with E-state index in [4.69, 9.17) is 0 Å². The maximum Gasteiger partial charge on any atom is 0.0541 e. The van der Waals surface area contributed by atoms with E-state index < -0.39 is 0 Å². The Morgan fingerprint density at radius 2 is 0.855 bits per heavy atom. The topological polar surface area (TPSA) is 8.17 Å². The van der Waals surface area contributed by atoms with Gasteiger partial charge in [-0.25, -0.2) is 0 Å². The molecule has 1 unspecified atom stereocenters. The predicted octanol–water partition coefficient (Wildman–Crippen LogP) is 13.9. The van der Waals surface area contributed by atoms with Crippen LogP contribution < -0.4 is 4.90 Å². The van der Waals surface area contributed by atoms with Crippen LogP contribution >= 0.6 is 0 Å². The molecule has 0 spiro atoms. The van der Waals surface area contributed by atoms with Crippen molar-refractivity contribution in [1.29, 1.82) is 0 Å². The maximum atomic E-state index is 2.46. The summed E-state index contributed by atoms with van der Waals surface area (Å²) in [5, 5.41) is 2.54. The molecule has 11 rings (SSSR count). The van der Waals surface area contributed by atoms with Crippen LogP contribution in [0.2, 0.25) is 0 Å². The van der Waals surface area contributed by atoms with E-state index >= 15 is 0 Å². The number of hydrogen-bond donors (Lipinski definition) is 0. The van der Waals surface area contributed by atoms with Crippen molar-refractivity contribution in [2.75, 3.05) is 4.90 Å². The summed E-state index contributed by atoms with van der Waals surface area (Å²) in [5.74, 6) is 0. The summed E-state index contributed by atoms with van der Waals surface area (Å²) >= 11 is 0.